The minimum Gasteiger partial charge on any atom is -0.465 e. The summed E-state index contributed by atoms with van der Waals surface area (Å²) < 4.78 is 43.1. The van der Waals surface area contributed by atoms with Crippen LogP contribution in [0.4, 0.5) is 18.9 Å². The van der Waals surface area contributed by atoms with Crippen molar-refractivity contribution in [3.05, 3.63) is 29.3 Å². The molecular formula is C15H20F3NO2. The lowest BCUT2D eigenvalue weighted by Gasteiger charge is -2.33. The van der Waals surface area contributed by atoms with E-state index in [1.807, 2.05) is 0 Å². The number of halogens is 3. The quantitative estimate of drug-likeness (QED) is 0.680. The maximum absolute atomic E-state index is 12.7. The van der Waals surface area contributed by atoms with Crippen LogP contribution in [0.25, 0.3) is 0 Å². The molecule has 2 N–H and O–H groups in total. The smallest absolute Gasteiger partial charge is 0.416 e. The van der Waals surface area contributed by atoms with Gasteiger partial charge in [-0.15, -0.1) is 0 Å². The Morgan fingerprint density at radius 1 is 1.33 bits per heavy atom. The van der Waals surface area contributed by atoms with E-state index in [4.69, 9.17) is 10.5 Å². The second-order valence-corrected chi connectivity index (χ2v) is 5.38. The Morgan fingerprint density at radius 2 is 1.90 bits per heavy atom. The van der Waals surface area contributed by atoms with E-state index in [1.165, 1.54) is 6.07 Å². The molecule has 1 unspecified atom stereocenters. The number of carbonyl (C=O) groups excluding carboxylic acids is 1. The van der Waals surface area contributed by atoms with Gasteiger partial charge in [-0.25, -0.2) is 0 Å². The van der Waals surface area contributed by atoms with Gasteiger partial charge in [0.25, 0.3) is 0 Å². The minimum absolute atomic E-state index is 0.0610. The van der Waals surface area contributed by atoms with Crippen LogP contribution in [0.15, 0.2) is 18.2 Å². The third-order valence-electron chi connectivity index (χ3n) is 3.79. The molecule has 0 aromatic heterocycles. The van der Waals surface area contributed by atoms with Gasteiger partial charge < -0.3 is 10.5 Å². The van der Waals surface area contributed by atoms with E-state index >= 15 is 0 Å². The normalized spacial score (nSPS) is 14.9. The molecule has 0 saturated heterocycles. The lowest BCUT2D eigenvalue weighted by Crippen LogP contribution is -2.40. The van der Waals surface area contributed by atoms with Gasteiger partial charge in [-0.05, 0) is 37.5 Å². The summed E-state index contributed by atoms with van der Waals surface area (Å²) in [6.45, 7) is 7.10. The van der Waals surface area contributed by atoms with Gasteiger partial charge in [0.1, 0.15) is 0 Å². The number of nitrogens with two attached hydrogens (primary N) is 1. The summed E-state index contributed by atoms with van der Waals surface area (Å²) in [6, 6.07) is 3.05. The summed E-state index contributed by atoms with van der Waals surface area (Å²) in [7, 11) is 0. The van der Waals surface area contributed by atoms with Gasteiger partial charge >= 0.3 is 12.1 Å². The van der Waals surface area contributed by atoms with Crippen molar-refractivity contribution in [1.29, 1.82) is 0 Å². The van der Waals surface area contributed by atoms with Crippen molar-refractivity contribution >= 4 is 11.7 Å². The topological polar surface area (TPSA) is 52.3 Å². The molecule has 21 heavy (non-hydrogen) atoms. The standard InChI is InChI=1S/C15H20F3NO2/c1-5-21-13(20)14(4,9(2)3)11-7-6-10(8-12(11)19)15(16,17)18/h6-9H,5,19H2,1-4H3. The molecule has 1 aromatic carbocycles. The fraction of sp³-hybridized carbons (Fsp3) is 0.533. The minimum atomic E-state index is -4.47. The Bertz CT molecular complexity index is 526. The molecule has 0 bridgehead atoms. The highest BCUT2D eigenvalue weighted by Crippen LogP contribution is 2.39. The summed E-state index contributed by atoms with van der Waals surface area (Å²) in [5, 5.41) is 0. The number of rotatable bonds is 4. The van der Waals surface area contributed by atoms with E-state index in [0.29, 0.717) is 5.56 Å². The monoisotopic (exact) mass is 303 g/mol. The Morgan fingerprint density at radius 3 is 2.29 bits per heavy atom. The number of hydrogen-bond acceptors (Lipinski definition) is 3. The Balaban J connectivity index is 3.38. The molecule has 0 aliphatic heterocycles. The van der Waals surface area contributed by atoms with Crippen LogP contribution in [0.1, 0.15) is 38.8 Å². The van der Waals surface area contributed by atoms with Crippen LogP contribution in [0.5, 0.6) is 0 Å². The zero-order valence-electron chi connectivity index (χ0n) is 12.5. The van der Waals surface area contributed by atoms with Crippen LogP contribution < -0.4 is 5.73 Å². The van der Waals surface area contributed by atoms with Crippen LogP contribution in [-0.4, -0.2) is 12.6 Å². The first-order valence-corrected chi connectivity index (χ1v) is 6.69. The van der Waals surface area contributed by atoms with Crippen molar-refractivity contribution in [2.75, 3.05) is 12.3 Å². The summed E-state index contributed by atoms with van der Waals surface area (Å²) in [4.78, 5) is 12.2. The van der Waals surface area contributed by atoms with Gasteiger partial charge in [-0.3, -0.25) is 4.79 Å². The predicted octanol–water partition coefficient (Wildman–Crippen LogP) is 3.76. The molecule has 1 aromatic rings. The lowest BCUT2D eigenvalue weighted by atomic mass is 9.72. The first-order valence-electron chi connectivity index (χ1n) is 6.69. The number of benzene rings is 1. The molecule has 0 aliphatic rings. The molecule has 0 aliphatic carbocycles. The molecule has 118 valence electrons. The zero-order chi connectivity index (χ0) is 16.4. The predicted molar refractivity (Wildman–Crippen MR) is 74.7 cm³/mol. The van der Waals surface area contributed by atoms with E-state index in [-0.39, 0.29) is 18.2 Å². The van der Waals surface area contributed by atoms with E-state index in [9.17, 15) is 18.0 Å². The molecule has 0 spiro atoms. The summed E-state index contributed by atoms with van der Waals surface area (Å²) >= 11 is 0. The SMILES string of the molecule is CCOC(=O)C(C)(c1ccc(C(F)(F)F)cc1N)C(C)C. The van der Waals surface area contributed by atoms with Gasteiger partial charge in [0.15, 0.2) is 0 Å². The second kappa shape index (κ2) is 5.95. The molecule has 0 saturated carbocycles. The summed E-state index contributed by atoms with van der Waals surface area (Å²) in [5.74, 6) is -0.679. The molecule has 3 nitrogen and oxygen atoms in total. The highest BCUT2D eigenvalue weighted by Gasteiger charge is 2.42. The first-order chi connectivity index (χ1) is 9.55. The number of carbonyl (C=O) groups is 1. The molecule has 1 rings (SSSR count). The molecular weight excluding hydrogens is 283 g/mol. The third kappa shape index (κ3) is 3.31. The second-order valence-electron chi connectivity index (χ2n) is 5.38. The van der Waals surface area contributed by atoms with Gasteiger partial charge in [-0.2, -0.15) is 13.2 Å². The summed E-state index contributed by atoms with van der Waals surface area (Å²) in [5.41, 5.74) is 4.13. The van der Waals surface area contributed by atoms with Gasteiger partial charge in [-0.1, -0.05) is 19.9 Å². The molecule has 6 heteroatoms. The van der Waals surface area contributed by atoms with Crippen molar-refractivity contribution in [2.45, 2.75) is 39.3 Å². The van der Waals surface area contributed by atoms with E-state index in [0.717, 1.165) is 12.1 Å². The summed E-state index contributed by atoms with van der Waals surface area (Å²) in [6.07, 6.45) is -4.47. The van der Waals surface area contributed by atoms with Crippen LogP contribution >= 0.6 is 0 Å². The molecule has 0 amide bonds. The zero-order valence-corrected chi connectivity index (χ0v) is 12.5. The number of ether oxygens (including phenoxy) is 1. The number of hydrogen-bond donors (Lipinski definition) is 1. The molecule has 1 atom stereocenters. The fourth-order valence-electron chi connectivity index (χ4n) is 2.15. The lowest BCUT2D eigenvalue weighted by molar-refractivity contribution is -0.151. The van der Waals surface area contributed by atoms with Crippen molar-refractivity contribution < 1.29 is 22.7 Å². The number of anilines is 1. The number of nitrogen functional groups attached to an aromatic ring is 1. The number of alkyl halides is 3. The largest absolute Gasteiger partial charge is 0.465 e. The molecule has 0 fully saturated rings. The van der Waals surface area contributed by atoms with Gasteiger partial charge in [0.2, 0.25) is 0 Å². The molecule has 0 radical (unpaired) electrons. The number of esters is 1. The highest BCUT2D eigenvalue weighted by molar-refractivity contribution is 5.85. The first kappa shape index (κ1) is 17.3. The average molecular weight is 303 g/mol. The van der Waals surface area contributed by atoms with Crippen LogP contribution in [0.3, 0.4) is 0 Å². The average Bonchev–Trinajstić information content (AvgIpc) is 2.36. The van der Waals surface area contributed by atoms with Crippen LogP contribution in [0, 0.1) is 5.92 Å². The fourth-order valence-corrected chi connectivity index (χ4v) is 2.15. The Kier molecular flexibility index (Phi) is 4.91. The third-order valence-corrected chi connectivity index (χ3v) is 3.79. The van der Waals surface area contributed by atoms with Crippen LogP contribution in [-0.2, 0) is 21.1 Å². The van der Waals surface area contributed by atoms with Crippen LogP contribution in [0.2, 0.25) is 0 Å². The van der Waals surface area contributed by atoms with E-state index in [2.05, 4.69) is 0 Å². The molecule has 0 heterocycles. The Hall–Kier alpha value is -1.72. The van der Waals surface area contributed by atoms with Crippen molar-refractivity contribution in [3.63, 3.8) is 0 Å². The van der Waals surface area contributed by atoms with E-state index < -0.39 is 23.1 Å². The Labute approximate surface area is 122 Å². The van der Waals surface area contributed by atoms with Gasteiger partial charge in [0, 0.05) is 5.69 Å². The highest BCUT2D eigenvalue weighted by atomic mass is 19.4. The van der Waals surface area contributed by atoms with E-state index in [1.54, 1.807) is 27.7 Å². The maximum Gasteiger partial charge on any atom is 0.416 e. The van der Waals surface area contributed by atoms with Crippen molar-refractivity contribution in [1.82, 2.24) is 0 Å². The van der Waals surface area contributed by atoms with Crippen molar-refractivity contribution in [3.8, 4) is 0 Å². The van der Waals surface area contributed by atoms with Gasteiger partial charge in [0.05, 0.1) is 17.6 Å². The maximum atomic E-state index is 12.7. The van der Waals surface area contributed by atoms with Crippen molar-refractivity contribution in [2.24, 2.45) is 5.92 Å².